The van der Waals surface area contributed by atoms with Crippen molar-refractivity contribution in [1.82, 2.24) is 14.8 Å². The minimum absolute atomic E-state index is 0.0917. The standard InChI is InChI=1S/C23H22Cl2N4O3S2/c1-3-10-29-20(14-9-8-13(24)11-16(14)25)27-28-23(29)33-12-18(30)26-21-19(22(31)32-4-2)15-6-5-7-17(15)34-21/h3,8-9,11H,1,4-7,10,12H2,2H3,(H,26,30). The zero-order valence-electron chi connectivity index (χ0n) is 18.4. The molecule has 1 aromatic carbocycles. The van der Waals surface area contributed by atoms with Gasteiger partial charge in [0.05, 0.1) is 22.9 Å². The van der Waals surface area contributed by atoms with Crippen LogP contribution in [0.25, 0.3) is 11.4 Å². The van der Waals surface area contributed by atoms with E-state index in [4.69, 9.17) is 27.9 Å². The first-order valence-corrected chi connectivity index (χ1v) is 13.2. The lowest BCUT2D eigenvalue weighted by Gasteiger charge is -2.10. The summed E-state index contributed by atoms with van der Waals surface area (Å²) in [6, 6.07) is 5.16. The highest BCUT2D eigenvalue weighted by Crippen LogP contribution is 2.39. The zero-order chi connectivity index (χ0) is 24.2. The Balaban J connectivity index is 1.50. The smallest absolute Gasteiger partial charge is 0.341 e. The van der Waals surface area contributed by atoms with E-state index in [2.05, 4.69) is 22.1 Å². The summed E-state index contributed by atoms with van der Waals surface area (Å²) in [7, 11) is 0. The van der Waals surface area contributed by atoms with Crippen molar-refractivity contribution in [2.24, 2.45) is 0 Å². The number of carbonyl (C=O) groups is 2. The number of esters is 1. The molecule has 0 aliphatic heterocycles. The molecular weight excluding hydrogens is 515 g/mol. The topological polar surface area (TPSA) is 86.1 Å². The highest BCUT2D eigenvalue weighted by atomic mass is 35.5. The predicted molar refractivity (Wildman–Crippen MR) is 137 cm³/mol. The molecule has 1 N–H and O–H groups in total. The number of hydrogen-bond donors (Lipinski definition) is 1. The molecule has 0 saturated carbocycles. The lowest BCUT2D eigenvalue weighted by Crippen LogP contribution is -2.17. The Morgan fingerprint density at radius 3 is 2.88 bits per heavy atom. The molecule has 0 atom stereocenters. The largest absolute Gasteiger partial charge is 0.462 e. The Morgan fingerprint density at radius 2 is 2.15 bits per heavy atom. The number of halogens is 2. The molecule has 0 fully saturated rings. The van der Waals surface area contributed by atoms with Crippen LogP contribution >= 0.6 is 46.3 Å². The van der Waals surface area contributed by atoms with Crippen LogP contribution in [0.3, 0.4) is 0 Å². The van der Waals surface area contributed by atoms with Crippen LogP contribution in [-0.4, -0.2) is 39.0 Å². The maximum atomic E-state index is 12.8. The summed E-state index contributed by atoms with van der Waals surface area (Å²) < 4.78 is 7.07. The van der Waals surface area contributed by atoms with E-state index in [-0.39, 0.29) is 24.2 Å². The van der Waals surface area contributed by atoms with Crippen molar-refractivity contribution in [2.75, 3.05) is 17.7 Å². The Bertz CT molecular complexity index is 1260. The van der Waals surface area contributed by atoms with Crippen LogP contribution in [0.1, 0.15) is 34.1 Å². The summed E-state index contributed by atoms with van der Waals surface area (Å²) in [5.74, 6) is 0.0209. The number of aryl methyl sites for hydroxylation is 1. The van der Waals surface area contributed by atoms with Gasteiger partial charge in [-0.15, -0.1) is 28.1 Å². The normalized spacial score (nSPS) is 12.4. The second-order valence-electron chi connectivity index (χ2n) is 7.45. The van der Waals surface area contributed by atoms with Gasteiger partial charge in [-0.25, -0.2) is 4.79 Å². The van der Waals surface area contributed by atoms with E-state index in [1.807, 2.05) is 4.57 Å². The van der Waals surface area contributed by atoms with Crippen LogP contribution in [0.15, 0.2) is 36.0 Å². The van der Waals surface area contributed by atoms with Crippen molar-refractivity contribution in [1.29, 1.82) is 0 Å². The fraction of sp³-hybridized carbons (Fsp3) is 0.304. The summed E-state index contributed by atoms with van der Waals surface area (Å²) in [5.41, 5.74) is 2.18. The molecule has 1 aliphatic rings. The number of nitrogens with zero attached hydrogens (tertiary/aromatic N) is 3. The third-order valence-corrected chi connectivity index (χ3v) is 7.91. The molecule has 0 bridgehead atoms. The molecule has 3 aromatic rings. The average Bonchev–Trinajstić information content (AvgIpc) is 3.48. The summed E-state index contributed by atoms with van der Waals surface area (Å²) in [4.78, 5) is 26.5. The van der Waals surface area contributed by atoms with E-state index >= 15 is 0 Å². The lowest BCUT2D eigenvalue weighted by molar-refractivity contribution is -0.113. The quantitative estimate of drug-likeness (QED) is 0.208. The number of allylic oxidation sites excluding steroid dienone is 1. The number of rotatable bonds is 9. The molecule has 11 heteroatoms. The van der Waals surface area contributed by atoms with Crippen LogP contribution in [0.2, 0.25) is 10.0 Å². The maximum Gasteiger partial charge on any atom is 0.341 e. The molecule has 4 rings (SSSR count). The van der Waals surface area contributed by atoms with Crippen molar-refractivity contribution >= 4 is 63.2 Å². The molecule has 1 aliphatic carbocycles. The van der Waals surface area contributed by atoms with E-state index in [1.165, 1.54) is 23.1 Å². The second kappa shape index (κ2) is 10.9. The number of benzene rings is 1. The molecule has 34 heavy (non-hydrogen) atoms. The van der Waals surface area contributed by atoms with E-state index < -0.39 is 0 Å². The zero-order valence-corrected chi connectivity index (χ0v) is 21.5. The van der Waals surface area contributed by atoms with Gasteiger partial charge in [0.25, 0.3) is 0 Å². The molecular formula is C23H22Cl2N4O3S2. The SMILES string of the molecule is C=CCn1c(SCC(=O)Nc2sc3c(c2C(=O)OCC)CCC3)nnc1-c1ccc(Cl)cc1Cl. The van der Waals surface area contributed by atoms with Crippen molar-refractivity contribution in [2.45, 2.75) is 37.9 Å². The van der Waals surface area contributed by atoms with Crippen molar-refractivity contribution in [3.05, 3.63) is 56.9 Å². The molecule has 1 amide bonds. The van der Waals surface area contributed by atoms with Gasteiger partial charge in [0.2, 0.25) is 5.91 Å². The van der Waals surface area contributed by atoms with Crippen molar-refractivity contribution in [3.63, 3.8) is 0 Å². The van der Waals surface area contributed by atoms with Gasteiger partial charge in [-0.2, -0.15) is 0 Å². The Morgan fingerprint density at radius 1 is 1.32 bits per heavy atom. The second-order valence-corrected chi connectivity index (χ2v) is 10.3. The number of thiophene rings is 1. The summed E-state index contributed by atoms with van der Waals surface area (Å²) >= 11 is 15.1. The average molecular weight is 537 g/mol. The number of anilines is 1. The molecule has 0 saturated heterocycles. The summed E-state index contributed by atoms with van der Waals surface area (Å²) in [5, 5.41) is 13.5. The Hall–Kier alpha value is -2.33. The molecule has 2 heterocycles. The Labute approximate surface area is 215 Å². The molecule has 2 aromatic heterocycles. The minimum Gasteiger partial charge on any atom is -0.462 e. The van der Waals surface area contributed by atoms with Gasteiger partial charge in [0.1, 0.15) is 5.00 Å². The number of fused-ring (bicyclic) bond motifs is 1. The Kier molecular flexibility index (Phi) is 7.98. The van der Waals surface area contributed by atoms with Crippen LogP contribution in [0.4, 0.5) is 5.00 Å². The van der Waals surface area contributed by atoms with Gasteiger partial charge in [0, 0.05) is 22.0 Å². The highest BCUT2D eigenvalue weighted by molar-refractivity contribution is 7.99. The maximum absolute atomic E-state index is 12.8. The van der Waals surface area contributed by atoms with E-state index in [1.54, 1.807) is 31.2 Å². The van der Waals surface area contributed by atoms with Gasteiger partial charge in [-0.3, -0.25) is 9.36 Å². The molecule has 7 nitrogen and oxygen atoms in total. The van der Waals surface area contributed by atoms with E-state index in [0.717, 1.165) is 29.7 Å². The number of hydrogen-bond acceptors (Lipinski definition) is 7. The fourth-order valence-corrected chi connectivity index (χ4v) is 6.30. The number of amides is 1. The van der Waals surface area contributed by atoms with Crippen LogP contribution in [-0.2, 0) is 28.9 Å². The van der Waals surface area contributed by atoms with Crippen molar-refractivity contribution < 1.29 is 14.3 Å². The lowest BCUT2D eigenvalue weighted by atomic mass is 10.1. The number of thioether (sulfide) groups is 1. The molecule has 178 valence electrons. The number of nitrogens with one attached hydrogen (secondary N) is 1. The van der Waals surface area contributed by atoms with E-state index in [9.17, 15) is 9.59 Å². The van der Waals surface area contributed by atoms with E-state index in [0.29, 0.717) is 43.7 Å². The number of aromatic nitrogens is 3. The molecule has 0 radical (unpaired) electrons. The third-order valence-electron chi connectivity index (χ3n) is 5.19. The van der Waals surface area contributed by atoms with Gasteiger partial charge in [-0.05, 0) is 49.9 Å². The third kappa shape index (κ3) is 5.17. The fourth-order valence-electron chi connectivity index (χ4n) is 3.76. The number of ether oxygens (including phenoxy) is 1. The first-order valence-electron chi connectivity index (χ1n) is 10.7. The minimum atomic E-state index is -0.389. The molecule has 0 unspecified atom stereocenters. The van der Waals surface area contributed by atoms with Gasteiger partial charge in [-0.1, -0.05) is 41.0 Å². The van der Waals surface area contributed by atoms with Crippen LogP contribution in [0, 0.1) is 0 Å². The number of carbonyl (C=O) groups excluding carboxylic acids is 2. The van der Waals surface area contributed by atoms with Gasteiger partial charge < -0.3 is 10.1 Å². The van der Waals surface area contributed by atoms with Crippen molar-refractivity contribution in [3.8, 4) is 11.4 Å². The summed E-state index contributed by atoms with van der Waals surface area (Å²) in [6.07, 6.45) is 4.47. The first-order chi connectivity index (χ1) is 16.4. The monoisotopic (exact) mass is 536 g/mol. The molecule has 0 spiro atoms. The summed E-state index contributed by atoms with van der Waals surface area (Å²) in [6.45, 7) is 6.29. The van der Waals surface area contributed by atoms with Crippen LogP contribution in [0.5, 0.6) is 0 Å². The van der Waals surface area contributed by atoms with Gasteiger partial charge in [0.15, 0.2) is 11.0 Å². The van der Waals surface area contributed by atoms with Crippen LogP contribution < -0.4 is 5.32 Å². The van der Waals surface area contributed by atoms with Gasteiger partial charge >= 0.3 is 5.97 Å². The highest BCUT2D eigenvalue weighted by Gasteiger charge is 2.28. The first kappa shape index (κ1) is 24.8. The predicted octanol–water partition coefficient (Wildman–Crippen LogP) is 5.90.